The summed E-state index contributed by atoms with van der Waals surface area (Å²) in [7, 11) is -3.41. The van der Waals surface area contributed by atoms with Crippen molar-refractivity contribution in [2.24, 2.45) is 0 Å². The number of sulfonamides is 1. The second-order valence-electron chi connectivity index (χ2n) is 3.03. The number of thiophene rings is 1. The SMILES string of the molecule is Nc1csc(S(=O)(=O)NCCCCO)c1. The Bertz CT molecular complexity index is 400. The van der Waals surface area contributed by atoms with Crippen molar-refractivity contribution in [3.63, 3.8) is 0 Å². The molecular formula is C8H14N2O3S2. The molecule has 86 valence electrons. The standard InChI is InChI=1S/C8H14N2O3S2/c9-7-5-8(14-6-7)15(12,13)10-3-1-2-4-11/h5-6,10-11H,1-4,9H2. The van der Waals surface area contributed by atoms with Crippen LogP contribution in [0.15, 0.2) is 15.7 Å². The predicted molar refractivity (Wildman–Crippen MR) is 60.2 cm³/mol. The van der Waals surface area contributed by atoms with Crippen LogP contribution in [0.1, 0.15) is 12.8 Å². The molecule has 5 nitrogen and oxygen atoms in total. The highest BCUT2D eigenvalue weighted by molar-refractivity contribution is 7.91. The smallest absolute Gasteiger partial charge is 0.250 e. The van der Waals surface area contributed by atoms with Crippen molar-refractivity contribution < 1.29 is 13.5 Å². The van der Waals surface area contributed by atoms with E-state index >= 15 is 0 Å². The number of hydrogen-bond donors (Lipinski definition) is 3. The van der Waals surface area contributed by atoms with E-state index in [4.69, 9.17) is 10.8 Å². The lowest BCUT2D eigenvalue weighted by Gasteiger charge is -2.03. The number of hydrogen-bond acceptors (Lipinski definition) is 5. The summed E-state index contributed by atoms with van der Waals surface area (Å²) >= 11 is 1.10. The van der Waals surface area contributed by atoms with Crippen molar-refractivity contribution in [1.82, 2.24) is 4.72 Å². The monoisotopic (exact) mass is 250 g/mol. The first-order valence-electron chi connectivity index (χ1n) is 4.51. The molecule has 0 aliphatic heterocycles. The molecule has 4 N–H and O–H groups in total. The average Bonchev–Trinajstić information content (AvgIpc) is 2.60. The van der Waals surface area contributed by atoms with Crippen LogP contribution in [-0.4, -0.2) is 26.7 Å². The maximum Gasteiger partial charge on any atom is 0.250 e. The van der Waals surface area contributed by atoms with E-state index in [1.165, 1.54) is 6.07 Å². The minimum Gasteiger partial charge on any atom is -0.398 e. The van der Waals surface area contributed by atoms with Crippen molar-refractivity contribution in [3.05, 3.63) is 11.4 Å². The Hall–Kier alpha value is -0.630. The number of nitrogens with one attached hydrogen (secondary N) is 1. The van der Waals surface area contributed by atoms with Gasteiger partial charge in [0.2, 0.25) is 10.0 Å². The summed E-state index contributed by atoms with van der Waals surface area (Å²) < 4.78 is 25.8. The van der Waals surface area contributed by atoms with E-state index in [0.717, 1.165) is 11.3 Å². The van der Waals surface area contributed by atoms with E-state index in [-0.39, 0.29) is 10.8 Å². The highest BCUT2D eigenvalue weighted by Gasteiger charge is 2.14. The second-order valence-corrected chi connectivity index (χ2v) is 5.93. The van der Waals surface area contributed by atoms with E-state index in [1.807, 2.05) is 0 Å². The van der Waals surface area contributed by atoms with Crippen molar-refractivity contribution in [2.75, 3.05) is 18.9 Å². The topological polar surface area (TPSA) is 92.4 Å². The lowest BCUT2D eigenvalue weighted by molar-refractivity contribution is 0.285. The first-order chi connectivity index (χ1) is 7.06. The van der Waals surface area contributed by atoms with E-state index in [9.17, 15) is 8.42 Å². The normalized spacial score (nSPS) is 11.8. The van der Waals surface area contributed by atoms with Crippen LogP contribution in [0.4, 0.5) is 5.69 Å². The van der Waals surface area contributed by atoms with Crippen LogP contribution in [0.2, 0.25) is 0 Å². The highest BCUT2D eigenvalue weighted by Crippen LogP contribution is 2.21. The lowest BCUT2D eigenvalue weighted by atomic mass is 10.3. The molecule has 0 unspecified atom stereocenters. The zero-order valence-electron chi connectivity index (χ0n) is 8.14. The van der Waals surface area contributed by atoms with Crippen LogP contribution in [0.25, 0.3) is 0 Å². The minimum atomic E-state index is -3.41. The lowest BCUT2D eigenvalue weighted by Crippen LogP contribution is -2.24. The van der Waals surface area contributed by atoms with Gasteiger partial charge in [0.25, 0.3) is 0 Å². The van der Waals surface area contributed by atoms with E-state index in [1.54, 1.807) is 5.38 Å². The third-order valence-corrected chi connectivity index (χ3v) is 4.66. The summed E-state index contributed by atoms with van der Waals surface area (Å²) in [6.45, 7) is 0.411. The molecule has 1 aromatic heterocycles. The van der Waals surface area contributed by atoms with E-state index < -0.39 is 10.0 Å². The number of nitrogens with two attached hydrogens (primary N) is 1. The molecule has 0 radical (unpaired) electrons. The Balaban J connectivity index is 2.53. The van der Waals surface area contributed by atoms with Crippen molar-refractivity contribution in [2.45, 2.75) is 17.1 Å². The number of rotatable bonds is 6. The van der Waals surface area contributed by atoms with Crippen LogP contribution >= 0.6 is 11.3 Å². The number of unbranched alkanes of at least 4 members (excludes halogenated alkanes) is 1. The van der Waals surface area contributed by atoms with Crippen LogP contribution in [0.5, 0.6) is 0 Å². The first kappa shape index (κ1) is 12.4. The number of aliphatic hydroxyl groups is 1. The van der Waals surface area contributed by atoms with Crippen LogP contribution in [0, 0.1) is 0 Å². The molecular weight excluding hydrogens is 236 g/mol. The predicted octanol–water partition coefficient (Wildman–Crippen LogP) is 0.381. The van der Waals surface area contributed by atoms with Gasteiger partial charge in [-0.05, 0) is 18.9 Å². The summed E-state index contributed by atoms with van der Waals surface area (Å²) in [5.41, 5.74) is 5.89. The second kappa shape index (κ2) is 5.45. The van der Waals surface area contributed by atoms with Gasteiger partial charge in [-0.3, -0.25) is 0 Å². The molecule has 0 aliphatic rings. The van der Waals surface area contributed by atoms with E-state index in [2.05, 4.69) is 4.72 Å². The minimum absolute atomic E-state index is 0.0771. The quantitative estimate of drug-likeness (QED) is 0.636. The van der Waals surface area contributed by atoms with E-state index in [0.29, 0.717) is 25.1 Å². The molecule has 0 bridgehead atoms. The summed E-state index contributed by atoms with van der Waals surface area (Å²) in [4.78, 5) is 0. The summed E-state index contributed by atoms with van der Waals surface area (Å²) in [6, 6.07) is 1.43. The van der Waals surface area contributed by atoms with Gasteiger partial charge in [0.1, 0.15) is 4.21 Å². The molecule has 0 aliphatic carbocycles. The Kier molecular flexibility index (Phi) is 4.52. The molecule has 0 fully saturated rings. The molecule has 0 amide bonds. The third-order valence-electron chi connectivity index (χ3n) is 1.74. The highest BCUT2D eigenvalue weighted by atomic mass is 32.2. The van der Waals surface area contributed by atoms with Crippen LogP contribution < -0.4 is 10.5 Å². The first-order valence-corrected chi connectivity index (χ1v) is 6.87. The fraction of sp³-hybridized carbons (Fsp3) is 0.500. The molecule has 1 rings (SSSR count). The molecule has 1 heterocycles. The van der Waals surface area contributed by atoms with Crippen molar-refractivity contribution >= 4 is 27.0 Å². The fourth-order valence-corrected chi connectivity index (χ4v) is 3.18. The average molecular weight is 250 g/mol. The molecule has 1 aromatic rings. The zero-order valence-corrected chi connectivity index (χ0v) is 9.77. The number of aliphatic hydroxyl groups excluding tert-OH is 1. The molecule has 15 heavy (non-hydrogen) atoms. The molecule has 0 atom stereocenters. The molecule has 0 saturated heterocycles. The maximum absolute atomic E-state index is 11.6. The summed E-state index contributed by atoms with van der Waals surface area (Å²) in [5, 5.41) is 10.1. The van der Waals surface area contributed by atoms with Gasteiger partial charge in [0.15, 0.2) is 0 Å². The van der Waals surface area contributed by atoms with Gasteiger partial charge in [0.05, 0.1) is 0 Å². The fourth-order valence-electron chi connectivity index (χ4n) is 0.986. The van der Waals surface area contributed by atoms with Crippen LogP contribution in [0.3, 0.4) is 0 Å². The molecule has 0 aromatic carbocycles. The van der Waals surface area contributed by atoms with Gasteiger partial charge in [-0.15, -0.1) is 11.3 Å². The molecule has 0 saturated carbocycles. The van der Waals surface area contributed by atoms with Crippen molar-refractivity contribution in [1.29, 1.82) is 0 Å². The summed E-state index contributed by atoms with van der Waals surface area (Å²) in [5.74, 6) is 0. The molecule has 7 heteroatoms. The summed E-state index contributed by atoms with van der Waals surface area (Å²) in [6.07, 6.45) is 1.21. The maximum atomic E-state index is 11.6. The van der Waals surface area contributed by atoms with Gasteiger partial charge < -0.3 is 10.8 Å². The number of anilines is 1. The van der Waals surface area contributed by atoms with Gasteiger partial charge >= 0.3 is 0 Å². The van der Waals surface area contributed by atoms with Crippen LogP contribution in [-0.2, 0) is 10.0 Å². The van der Waals surface area contributed by atoms with Crippen molar-refractivity contribution in [3.8, 4) is 0 Å². The Morgan fingerprint density at radius 3 is 2.73 bits per heavy atom. The largest absolute Gasteiger partial charge is 0.398 e. The zero-order chi connectivity index (χ0) is 11.3. The Morgan fingerprint density at radius 2 is 2.20 bits per heavy atom. The number of nitrogen functional groups attached to an aromatic ring is 1. The third kappa shape index (κ3) is 3.78. The van der Waals surface area contributed by atoms with Gasteiger partial charge in [-0.25, -0.2) is 13.1 Å². The van der Waals surface area contributed by atoms with Gasteiger partial charge in [-0.2, -0.15) is 0 Å². The Labute approximate surface area is 93.0 Å². The van der Waals surface area contributed by atoms with Gasteiger partial charge in [0, 0.05) is 24.2 Å². The Morgan fingerprint density at radius 1 is 1.47 bits per heavy atom. The molecule has 0 spiro atoms. The van der Waals surface area contributed by atoms with Gasteiger partial charge in [-0.1, -0.05) is 0 Å².